The van der Waals surface area contributed by atoms with Gasteiger partial charge in [-0.25, -0.2) is 23.2 Å². The molecule has 0 radical (unpaired) electrons. The molecule has 2 aromatic rings. The number of carbonyl (C=O) groups excluding carboxylic acids is 2. The molecule has 2 aromatic carbocycles. The van der Waals surface area contributed by atoms with Crippen molar-refractivity contribution in [2.24, 2.45) is 0 Å². The first kappa shape index (κ1) is 24.0. The number of halogens is 7. The van der Waals surface area contributed by atoms with Crippen molar-refractivity contribution >= 4 is 85.7 Å². The molecular formula is C16H5F4I3O6. The summed E-state index contributed by atoms with van der Waals surface area (Å²) in [6.45, 7) is -1.13. The van der Waals surface area contributed by atoms with Crippen LogP contribution in [0, 0.1) is 34.0 Å². The van der Waals surface area contributed by atoms with Crippen LogP contribution in [0.25, 0.3) is 0 Å². The lowest BCUT2D eigenvalue weighted by Crippen LogP contribution is -2.22. The minimum absolute atomic E-state index is 0.120. The van der Waals surface area contributed by atoms with Crippen molar-refractivity contribution in [2.75, 3.05) is 6.61 Å². The number of carboxylic acids is 1. The molecule has 0 fully saturated rings. The summed E-state index contributed by atoms with van der Waals surface area (Å²) in [5, 5.41) is 8.60. The first-order chi connectivity index (χ1) is 13.5. The van der Waals surface area contributed by atoms with E-state index in [4.69, 9.17) is 9.84 Å². The normalized spacial score (nSPS) is 10.6. The Labute approximate surface area is 200 Å². The van der Waals surface area contributed by atoms with Crippen LogP contribution in [-0.4, -0.2) is 29.6 Å². The van der Waals surface area contributed by atoms with Gasteiger partial charge >= 0.3 is 17.9 Å². The average Bonchev–Trinajstić information content (AvgIpc) is 2.64. The summed E-state index contributed by atoms with van der Waals surface area (Å²) in [6.07, 6.45) is 0. The van der Waals surface area contributed by atoms with Crippen molar-refractivity contribution in [1.29, 1.82) is 0 Å². The van der Waals surface area contributed by atoms with Gasteiger partial charge < -0.3 is 14.6 Å². The van der Waals surface area contributed by atoms with Crippen molar-refractivity contribution in [3.8, 4) is 5.75 Å². The molecule has 0 saturated carbocycles. The van der Waals surface area contributed by atoms with Crippen LogP contribution in [0.3, 0.4) is 0 Å². The standard InChI is InChI=1S/C16H5F4I3O6/c17-9-8(15(25)26)10(18)12(20)14(11(9)19)29-7(24)3-28-16(27)5-1-4(21)2-6(22)13(5)23/h1-2H,3H2,(H,25,26). The second kappa shape index (κ2) is 9.71. The van der Waals surface area contributed by atoms with Gasteiger partial charge in [0, 0.05) is 10.7 Å². The van der Waals surface area contributed by atoms with E-state index in [9.17, 15) is 31.9 Å². The van der Waals surface area contributed by atoms with Crippen LogP contribution < -0.4 is 4.74 Å². The molecular weight excluding hydrogens is 745 g/mol. The lowest BCUT2D eigenvalue weighted by Gasteiger charge is -2.11. The largest absolute Gasteiger partial charge is 0.477 e. The van der Waals surface area contributed by atoms with Gasteiger partial charge in [-0.1, -0.05) is 0 Å². The van der Waals surface area contributed by atoms with Gasteiger partial charge in [0.15, 0.2) is 18.2 Å². The second-order valence-electron chi connectivity index (χ2n) is 5.06. The lowest BCUT2D eigenvalue weighted by molar-refractivity contribution is -0.138. The first-order valence-corrected chi connectivity index (χ1v) is 10.3. The molecule has 154 valence electrons. The van der Waals surface area contributed by atoms with E-state index in [2.05, 4.69) is 4.74 Å². The predicted molar refractivity (Wildman–Crippen MR) is 114 cm³/mol. The third-order valence-corrected chi connectivity index (χ3v) is 6.85. The molecule has 0 aliphatic heterocycles. The van der Waals surface area contributed by atoms with E-state index in [1.807, 2.05) is 67.8 Å². The molecule has 0 amide bonds. The van der Waals surface area contributed by atoms with Gasteiger partial charge in [0.25, 0.3) is 0 Å². The second-order valence-corrected chi connectivity index (χ2v) is 8.55. The maximum atomic E-state index is 13.8. The molecule has 0 bridgehead atoms. The summed E-state index contributed by atoms with van der Waals surface area (Å²) in [5.41, 5.74) is -1.76. The lowest BCUT2D eigenvalue weighted by atomic mass is 10.1. The predicted octanol–water partition coefficient (Wildman–Crippen LogP) is 4.52. The van der Waals surface area contributed by atoms with Gasteiger partial charge in [0.05, 0.1) is 5.56 Å². The summed E-state index contributed by atoms with van der Waals surface area (Å²) in [5.74, 6) is -15.5. The number of hydrogen-bond donors (Lipinski definition) is 1. The van der Waals surface area contributed by atoms with Crippen LogP contribution in [0.5, 0.6) is 5.75 Å². The number of esters is 2. The van der Waals surface area contributed by atoms with E-state index in [0.717, 1.165) is 3.57 Å². The average molecular weight is 750 g/mol. The molecule has 0 aliphatic rings. The van der Waals surface area contributed by atoms with Crippen LogP contribution in [0.15, 0.2) is 12.1 Å². The molecule has 0 heterocycles. The molecule has 6 nitrogen and oxygen atoms in total. The molecule has 0 atom stereocenters. The Morgan fingerprint density at radius 1 is 0.931 bits per heavy atom. The monoisotopic (exact) mass is 750 g/mol. The molecule has 0 spiro atoms. The third kappa shape index (κ3) is 5.28. The quantitative estimate of drug-likeness (QED) is 0.159. The molecule has 1 N–H and O–H groups in total. The highest BCUT2D eigenvalue weighted by molar-refractivity contribution is 14.1. The number of ether oxygens (including phenoxy) is 2. The van der Waals surface area contributed by atoms with Gasteiger partial charge in [-0.15, -0.1) is 0 Å². The highest BCUT2D eigenvalue weighted by atomic mass is 127. The van der Waals surface area contributed by atoms with Gasteiger partial charge in [0.1, 0.15) is 5.56 Å². The van der Waals surface area contributed by atoms with Crippen LogP contribution in [-0.2, 0) is 9.53 Å². The molecule has 2 rings (SSSR count). The highest BCUT2D eigenvalue weighted by Gasteiger charge is 2.31. The molecule has 29 heavy (non-hydrogen) atoms. The zero-order valence-electron chi connectivity index (χ0n) is 13.5. The molecule has 13 heteroatoms. The van der Waals surface area contributed by atoms with E-state index in [-0.39, 0.29) is 5.56 Å². The summed E-state index contributed by atoms with van der Waals surface area (Å²) < 4.78 is 65.7. The molecule has 0 aliphatic carbocycles. The van der Waals surface area contributed by atoms with Crippen molar-refractivity contribution < 1.29 is 46.5 Å². The maximum Gasteiger partial charge on any atom is 0.349 e. The van der Waals surface area contributed by atoms with E-state index < -0.39 is 59.1 Å². The Bertz CT molecular complexity index is 1020. The van der Waals surface area contributed by atoms with Crippen molar-refractivity contribution in [1.82, 2.24) is 0 Å². The zero-order chi connectivity index (χ0) is 22.0. The molecule has 0 unspecified atom stereocenters. The summed E-state index contributed by atoms with van der Waals surface area (Å²) >= 11 is 5.81. The van der Waals surface area contributed by atoms with Crippen LogP contribution in [0.4, 0.5) is 17.6 Å². The smallest absolute Gasteiger partial charge is 0.349 e. The number of carboxylic acid groups (broad SMARTS) is 1. The first-order valence-electron chi connectivity index (χ1n) is 7.07. The maximum absolute atomic E-state index is 13.8. The Hall–Kier alpha value is -1.24. The van der Waals surface area contributed by atoms with Crippen molar-refractivity contribution in [2.45, 2.75) is 0 Å². The van der Waals surface area contributed by atoms with E-state index in [1.165, 1.54) is 6.07 Å². The number of benzene rings is 2. The Morgan fingerprint density at radius 2 is 1.48 bits per heavy atom. The summed E-state index contributed by atoms with van der Waals surface area (Å²) in [4.78, 5) is 34.5. The number of rotatable bonds is 5. The van der Waals surface area contributed by atoms with E-state index in [0.29, 0.717) is 7.14 Å². The zero-order valence-corrected chi connectivity index (χ0v) is 20.0. The SMILES string of the molecule is O=C(COC(=O)c1cc(I)cc(I)c1I)Oc1c(F)c(F)c(C(=O)O)c(F)c1F. The minimum Gasteiger partial charge on any atom is -0.477 e. The van der Waals surface area contributed by atoms with Crippen molar-refractivity contribution in [3.05, 3.63) is 57.2 Å². The minimum atomic E-state index is -2.26. The van der Waals surface area contributed by atoms with Gasteiger partial charge in [-0.05, 0) is 79.9 Å². The molecule has 0 aromatic heterocycles. The summed E-state index contributed by atoms with van der Waals surface area (Å²) in [7, 11) is 0. The fourth-order valence-electron chi connectivity index (χ4n) is 1.94. The van der Waals surface area contributed by atoms with Gasteiger partial charge in [-0.3, -0.25) is 0 Å². The van der Waals surface area contributed by atoms with E-state index >= 15 is 0 Å². The number of hydrogen-bond acceptors (Lipinski definition) is 5. The topological polar surface area (TPSA) is 89.9 Å². The van der Waals surface area contributed by atoms with Crippen molar-refractivity contribution in [3.63, 3.8) is 0 Å². The van der Waals surface area contributed by atoms with Crippen LogP contribution in [0.1, 0.15) is 20.7 Å². The fraction of sp³-hybridized carbons (Fsp3) is 0.0625. The van der Waals surface area contributed by atoms with Gasteiger partial charge in [-0.2, -0.15) is 8.78 Å². The Morgan fingerprint density at radius 3 is 2.00 bits per heavy atom. The van der Waals surface area contributed by atoms with Gasteiger partial charge in [0.2, 0.25) is 17.4 Å². The third-order valence-electron chi connectivity index (χ3n) is 3.19. The van der Waals surface area contributed by atoms with Crippen LogP contribution >= 0.6 is 67.8 Å². The van der Waals surface area contributed by atoms with Crippen LogP contribution in [0.2, 0.25) is 0 Å². The van der Waals surface area contributed by atoms with E-state index in [1.54, 1.807) is 6.07 Å². The fourth-order valence-corrected chi connectivity index (χ4v) is 4.32. The molecule has 0 saturated heterocycles. The highest BCUT2D eigenvalue weighted by Crippen LogP contribution is 2.30. The summed E-state index contributed by atoms with van der Waals surface area (Å²) in [6, 6.07) is 3.26. The Kier molecular flexibility index (Phi) is 8.05. The number of aromatic carboxylic acids is 1. The Balaban J connectivity index is 2.19. The number of carbonyl (C=O) groups is 3.